The second kappa shape index (κ2) is 6.41. The molecule has 0 saturated heterocycles. The molecule has 0 fully saturated rings. The molecule has 1 N–H and O–H groups in total. The van der Waals surface area contributed by atoms with Gasteiger partial charge in [-0.05, 0) is 49.9 Å². The molecule has 0 aliphatic carbocycles. The van der Waals surface area contributed by atoms with Crippen LogP contribution in [0.2, 0.25) is 0 Å². The van der Waals surface area contributed by atoms with Gasteiger partial charge < -0.3 is 5.32 Å². The maximum Gasteiger partial charge on any atom is 0.0666 e. The number of benzene rings is 1. The first-order valence-corrected chi connectivity index (χ1v) is 7.02. The Morgan fingerprint density at radius 3 is 2.68 bits per heavy atom. The summed E-state index contributed by atoms with van der Waals surface area (Å²) in [5.74, 6) is 0.764. The Labute approximate surface area is 115 Å². The maximum absolute atomic E-state index is 4.26. The average molecular weight is 257 g/mol. The van der Waals surface area contributed by atoms with Crippen LogP contribution in [0.15, 0.2) is 42.7 Å². The van der Waals surface area contributed by atoms with Gasteiger partial charge in [-0.25, -0.2) is 4.68 Å². The van der Waals surface area contributed by atoms with Crippen LogP contribution < -0.4 is 5.32 Å². The molecule has 2 rings (SSSR count). The SMILES string of the molecule is CC(C)CCC(C)Nc1cccc(-n2cccn2)c1. The van der Waals surface area contributed by atoms with E-state index in [9.17, 15) is 0 Å². The zero-order chi connectivity index (χ0) is 13.7. The molecule has 3 heteroatoms. The maximum atomic E-state index is 4.26. The first kappa shape index (κ1) is 13.7. The predicted octanol–water partition coefficient (Wildman–Crippen LogP) is 4.11. The van der Waals surface area contributed by atoms with Crippen LogP contribution >= 0.6 is 0 Å². The van der Waals surface area contributed by atoms with Gasteiger partial charge in [0.2, 0.25) is 0 Å². The molecule has 1 heterocycles. The molecule has 2 aromatic rings. The minimum absolute atomic E-state index is 0.496. The topological polar surface area (TPSA) is 29.9 Å². The summed E-state index contributed by atoms with van der Waals surface area (Å²) < 4.78 is 1.88. The Balaban J connectivity index is 1.99. The van der Waals surface area contributed by atoms with Crippen LogP contribution in [-0.4, -0.2) is 15.8 Å². The number of rotatable bonds is 6. The smallest absolute Gasteiger partial charge is 0.0666 e. The van der Waals surface area contributed by atoms with E-state index in [1.54, 1.807) is 6.20 Å². The number of nitrogens with zero attached hydrogens (tertiary/aromatic N) is 2. The van der Waals surface area contributed by atoms with E-state index in [4.69, 9.17) is 0 Å². The Hall–Kier alpha value is -1.77. The standard InChI is InChI=1S/C16H23N3/c1-13(2)8-9-14(3)18-15-6-4-7-16(12-15)19-11-5-10-17-19/h4-7,10-14,18H,8-9H2,1-3H3. The van der Waals surface area contributed by atoms with Gasteiger partial charge in [0.25, 0.3) is 0 Å². The van der Waals surface area contributed by atoms with Gasteiger partial charge in [0, 0.05) is 24.1 Å². The summed E-state index contributed by atoms with van der Waals surface area (Å²) in [6, 6.07) is 10.8. The summed E-state index contributed by atoms with van der Waals surface area (Å²) in [4.78, 5) is 0. The van der Waals surface area contributed by atoms with Gasteiger partial charge in [0.05, 0.1) is 5.69 Å². The van der Waals surface area contributed by atoms with Crippen LogP contribution in [0.1, 0.15) is 33.6 Å². The Kier molecular flexibility index (Phi) is 4.61. The summed E-state index contributed by atoms with van der Waals surface area (Å²) >= 11 is 0. The highest BCUT2D eigenvalue weighted by Crippen LogP contribution is 2.16. The molecular formula is C16H23N3. The van der Waals surface area contributed by atoms with Crippen molar-refractivity contribution >= 4 is 5.69 Å². The molecule has 0 saturated carbocycles. The van der Waals surface area contributed by atoms with Crippen molar-refractivity contribution in [3.05, 3.63) is 42.7 Å². The van der Waals surface area contributed by atoms with Gasteiger partial charge >= 0.3 is 0 Å². The summed E-state index contributed by atoms with van der Waals surface area (Å²) in [7, 11) is 0. The number of hydrogen-bond acceptors (Lipinski definition) is 2. The first-order valence-electron chi connectivity index (χ1n) is 7.02. The van der Waals surface area contributed by atoms with Crippen LogP contribution in [0.4, 0.5) is 5.69 Å². The average Bonchev–Trinajstić information content (AvgIpc) is 2.90. The lowest BCUT2D eigenvalue weighted by Crippen LogP contribution is -2.15. The third kappa shape index (κ3) is 4.12. The summed E-state index contributed by atoms with van der Waals surface area (Å²) in [5.41, 5.74) is 2.25. The van der Waals surface area contributed by atoms with Crippen LogP contribution in [0.5, 0.6) is 0 Å². The molecule has 19 heavy (non-hydrogen) atoms. The van der Waals surface area contributed by atoms with Crippen molar-refractivity contribution in [1.82, 2.24) is 9.78 Å². The quantitative estimate of drug-likeness (QED) is 0.844. The third-order valence-electron chi connectivity index (χ3n) is 3.21. The zero-order valence-corrected chi connectivity index (χ0v) is 12.0. The van der Waals surface area contributed by atoms with Gasteiger partial charge in [-0.1, -0.05) is 19.9 Å². The molecule has 102 valence electrons. The van der Waals surface area contributed by atoms with E-state index in [2.05, 4.69) is 55.5 Å². The molecule has 0 spiro atoms. The van der Waals surface area contributed by atoms with E-state index < -0.39 is 0 Å². The molecule has 0 radical (unpaired) electrons. The van der Waals surface area contributed by atoms with Crippen molar-refractivity contribution in [2.75, 3.05) is 5.32 Å². The van der Waals surface area contributed by atoms with E-state index in [0.717, 1.165) is 17.3 Å². The summed E-state index contributed by atoms with van der Waals surface area (Å²) in [5, 5.41) is 7.81. The lowest BCUT2D eigenvalue weighted by atomic mass is 10.0. The van der Waals surface area contributed by atoms with Gasteiger partial charge in [-0.15, -0.1) is 0 Å². The van der Waals surface area contributed by atoms with E-state index in [1.807, 2.05) is 16.9 Å². The highest BCUT2D eigenvalue weighted by atomic mass is 15.3. The lowest BCUT2D eigenvalue weighted by Gasteiger charge is -2.17. The highest BCUT2D eigenvalue weighted by Gasteiger charge is 2.04. The van der Waals surface area contributed by atoms with Crippen LogP contribution in [0.25, 0.3) is 5.69 Å². The van der Waals surface area contributed by atoms with E-state index in [0.29, 0.717) is 6.04 Å². The molecule has 1 aromatic heterocycles. The molecule has 3 nitrogen and oxygen atoms in total. The first-order chi connectivity index (χ1) is 9.15. The Bertz CT molecular complexity index is 488. The number of hydrogen-bond donors (Lipinski definition) is 1. The normalized spacial score (nSPS) is 12.6. The predicted molar refractivity (Wildman–Crippen MR) is 80.7 cm³/mol. The lowest BCUT2D eigenvalue weighted by molar-refractivity contribution is 0.527. The van der Waals surface area contributed by atoms with E-state index in [1.165, 1.54) is 12.8 Å². The molecule has 1 atom stereocenters. The fourth-order valence-electron chi connectivity index (χ4n) is 2.10. The van der Waals surface area contributed by atoms with Crippen molar-refractivity contribution in [3.63, 3.8) is 0 Å². The molecule has 0 bridgehead atoms. The summed E-state index contributed by atoms with van der Waals surface area (Å²) in [6.45, 7) is 6.78. The van der Waals surface area contributed by atoms with Crippen molar-refractivity contribution in [3.8, 4) is 5.69 Å². The van der Waals surface area contributed by atoms with Crippen molar-refractivity contribution in [1.29, 1.82) is 0 Å². The third-order valence-corrected chi connectivity index (χ3v) is 3.21. The van der Waals surface area contributed by atoms with Gasteiger partial charge in [0.15, 0.2) is 0 Å². The molecule has 1 unspecified atom stereocenters. The monoisotopic (exact) mass is 257 g/mol. The molecular weight excluding hydrogens is 234 g/mol. The van der Waals surface area contributed by atoms with Gasteiger partial charge in [0.1, 0.15) is 0 Å². The van der Waals surface area contributed by atoms with Crippen molar-refractivity contribution in [2.24, 2.45) is 5.92 Å². The molecule has 0 aliphatic rings. The van der Waals surface area contributed by atoms with Gasteiger partial charge in [-0.2, -0.15) is 5.10 Å². The molecule has 1 aromatic carbocycles. The summed E-state index contributed by atoms with van der Waals surface area (Å²) in [6.07, 6.45) is 6.21. The fourth-order valence-corrected chi connectivity index (χ4v) is 2.10. The van der Waals surface area contributed by atoms with E-state index >= 15 is 0 Å². The number of nitrogens with one attached hydrogen (secondary N) is 1. The van der Waals surface area contributed by atoms with Crippen molar-refractivity contribution in [2.45, 2.75) is 39.7 Å². The second-order valence-electron chi connectivity index (χ2n) is 5.52. The zero-order valence-electron chi connectivity index (χ0n) is 12.0. The Morgan fingerprint density at radius 2 is 2.00 bits per heavy atom. The van der Waals surface area contributed by atoms with E-state index in [-0.39, 0.29) is 0 Å². The number of anilines is 1. The minimum Gasteiger partial charge on any atom is -0.383 e. The molecule has 0 amide bonds. The van der Waals surface area contributed by atoms with Crippen LogP contribution in [0.3, 0.4) is 0 Å². The minimum atomic E-state index is 0.496. The van der Waals surface area contributed by atoms with Gasteiger partial charge in [-0.3, -0.25) is 0 Å². The Morgan fingerprint density at radius 1 is 1.16 bits per heavy atom. The molecule has 0 aliphatic heterocycles. The fraction of sp³-hybridized carbons (Fsp3) is 0.438. The largest absolute Gasteiger partial charge is 0.383 e. The number of aromatic nitrogens is 2. The van der Waals surface area contributed by atoms with Crippen molar-refractivity contribution < 1.29 is 0 Å². The highest BCUT2D eigenvalue weighted by molar-refractivity contribution is 5.51. The van der Waals surface area contributed by atoms with Crippen LogP contribution in [0, 0.1) is 5.92 Å². The van der Waals surface area contributed by atoms with Crippen LogP contribution in [-0.2, 0) is 0 Å². The second-order valence-corrected chi connectivity index (χ2v) is 5.52.